The van der Waals surface area contributed by atoms with Crippen LogP contribution in [0.3, 0.4) is 0 Å². The average Bonchev–Trinajstić information content (AvgIpc) is 2.03. The highest BCUT2D eigenvalue weighted by Crippen LogP contribution is 1.97. The van der Waals surface area contributed by atoms with Crippen LogP contribution < -0.4 is 0 Å². The van der Waals surface area contributed by atoms with Gasteiger partial charge in [-0.3, -0.25) is 4.79 Å². The van der Waals surface area contributed by atoms with Gasteiger partial charge in [-0.15, -0.1) is 0 Å². The lowest BCUT2D eigenvalue weighted by Crippen LogP contribution is -2.26. The van der Waals surface area contributed by atoms with Crippen molar-refractivity contribution < 1.29 is 4.79 Å². The van der Waals surface area contributed by atoms with Gasteiger partial charge in [0.1, 0.15) is 0 Å². The third-order valence-corrected chi connectivity index (χ3v) is 2.13. The van der Waals surface area contributed by atoms with Gasteiger partial charge in [0.05, 0.1) is 0 Å². The molecule has 0 aromatic rings. The van der Waals surface area contributed by atoms with E-state index in [4.69, 9.17) is 0 Å². The quantitative estimate of drug-likeness (QED) is 0.608. The van der Waals surface area contributed by atoms with Crippen molar-refractivity contribution in [3.63, 3.8) is 0 Å². The maximum Gasteiger partial charge on any atom is 0.157 e. The summed E-state index contributed by atoms with van der Waals surface area (Å²) in [6.45, 7) is 8.95. The SMILES string of the molecule is CC(C)C(=O)/C=C/CN(C)C(C)C. The van der Waals surface area contributed by atoms with Crippen molar-refractivity contribution in [1.82, 2.24) is 4.90 Å². The molecule has 0 atom stereocenters. The number of ketones is 1. The Bertz CT molecular complexity index is 183. The first kappa shape index (κ1) is 12.4. The van der Waals surface area contributed by atoms with Crippen molar-refractivity contribution in [2.45, 2.75) is 33.7 Å². The second-order valence-corrected chi connectivity index (χ2v) is 3.99. The van der Waals surface area contributed by atoms with Crippen molar-refractivity contribution in [2.75, 3.05) is 13.6 Å². The molecular weight excluding hydrogens is 162 g/mol. The minimum absolute atomic E-state index is 0.112. The summed E-state index contributed by atoms with van der Waals surface area (Å²) in [5.74, 6) is 0.317. The maximum absolute atomic E-state index is 11.2. The Morgan fingerprint density at radius 2 is 1.85 bits per heavy atom. The molecule has 2 nitrogen and oxygen atoms in total. The van der Waals surface area contributed by atoms with Gasteiger partial charge in [-0.2, -0.15) is 0 Å². The fourth-order valence-corrected chi connectivity index (χ4v) is 0.738. The van der Waals surface area contributed by atoms with Gasteiger partial charge in [0, 0.05) is 18.5 Å². The fourth-order valence-electron chi connectivity index (χ4n) is 0.738. The summed E-state index contributed by atoms with van der Waals surface area (Å²) in [6, 6.07) is 0.527. The van der Waals surface area contributed by atoms with Crippen LogP contribution in [-0.4, -0.2) is 30.3 Å². The van der Waals surface area contributed by atoms with E-state index in [0.717, 1.165) is 6.54 Å². The number of allylic oxidation sites excluding steroid dienone is 1. The molecule has 0 radical (unpaired) electrons. The number of rotatable bonds is 5. The molecule has 0 unspecified atom stereocenters. The third-order valence-electron chi connectivity index (χ3n) is 2.13. The summed E-state index contributed by atoms with van der Waals surface area (Å²) in [5, 5.41) is 0. The van der Waals surface area contributed by atoms with Gasteiger partial charge in [-0.1, -0.05) is 19.9 Å². The third kappa shape index (κ3) is 5.58. The number of carbonyl (C=O) groups is 1. The lowest BCUT2D eigenvalue weighted by Gasteiger charge is -2.18. The summed E-state index contributed by atoms with van der Waals surface area (Å²) in [7, 11) is 2.05. The van der Waals surface area contributed by atoms with Crippen LogP contribution in [0, 0.1) is 5.92 Å². The molecule has 2 heteroatoms. The van der Waals surface area contributed by atoms with Crippen LogP contribution >= 0.6 is 0 Å². The van der Waals surface area contributed by atoms with E-state index in [1.165, 1.54) is 0 Å². The second kappa shape index (κ2) is 5.92. The van der Waals surface area contributed by atoms with Gasteiger partial charge in [-0.25, -0.2) is 0 Å². The Morgan fingerprint density at radius 1 is 1.31 bits per heavy atom. The minimum Gasteiger partial charge on any atom is -0.300 e. The Hall–Kier alpha value is -0.630. The van der Waals surface area contributed by atoms with Crippen LogP contribution in [0.25, 0.3) is 0 Å². The van der Waals surface area contributed by atoms with Gasteiger partial charge in [-0.05, 0) is 27.0 Å². The zero-order valence-electron chi connectivity index (χ0n) is 9.37. The monoisotopic (exact) mass is 183 g/mol. The molecule has 0 rings (SSSR count). The van der Waals surface area contributed by atoms with Gasteiger partial charge in [0.2, 0.25) is 0 Å². The molecule has 0 fully saturated rings. The molecule has 0 heterocycles. The topological polar surface area (TPSA) is 20.3 Å². The molecule has 0 bridgehead atoms. The van der Waals surface area contributed by atoms with E-state index in [9.17, 15) is 4.79 Å². The molecule has 0 N–H and O–H groups in total. The van der Waals surface area contributed by atoms with E-state index in [-0.39, 0.29) is 11.7 Å². The first-order valence-electron chi connectivity index (χ1n) is 4.85. The summed E-state index contributed by atoms with van der Waals surface area (Å²) in [5.41, 5.74) is 0. The average molecular weight is 183 g/mol. The molecular formula is C11H21NO. The molecule has 0 saturated carbocycles. The molecule has 0 saturated heterocycles. The smallest absolute Gasteiger partial charge is 0.157 e. The molecule has 13 heavy (non-hydrogen) atoms. The zero-order valence-corrected chi connectivity index (χ0v) is 9.37. The first-order valence-corrected chi connectivity index (χ1v) is 4.85. The van der Waals surface area contributed by atoms with Crippen LogP contribution in [0.15, 0.2) is 12.2 Å². The molecule has 0 aromatic heterocycles. The zero-order chi connectivity index (χ0) is 10.4. The highest BCUT2D eigenvalue weighted by atomic mass is 16.1. The van der Waals surface area contributed by atoms with Crippen LogP contribution in [0.4, 0.5) is 0 Å². The largest absolute Gasteiger partial charge is 0.300 e. The van der Waals surface area contributed by atoms with Crippen LogP contribution in [0.5, 0.6) is 0 Å². The number of hydrogen-bond donors (Lipinski definition) is 0. The summed E-state index contributed by atoms with van der Waals surface area (Å²) >= 11 is 0. The van der Waals surface area contributed by atoms with E-state index in [2.05, 4.69) is 25.8 Å². The fraction of sp³-hybridized carbons (Fsp3) is 0.727. The standard InChI is InChI=1S/C11H21NO/c1-9(2)11(13)7-6-8-12(5)10(3)4/h6-7,9-10H,8H2,1-5H3/b7-6+. The lowest BCUT2D eigenvalue weighted by atomic mass is 10.1. The van der Waals surface area contributed by atoms with Crippen molar-refractivity contribution in [2.24, 2.45) is 5.92 Å². The van der Waals surface area contributed by atoms with Gasteiger partial charge < -0.3 is 4.90 Å². The van der Waals surface area contributed by atoms with Gasteiger partial charge in [0.15, 0.2) is 5.78 Å². The normalized spacial score (nSPS) is 12.3. The second-order valence-electron chi connectivity index (χ2n) is 3.99. The molecule has 0 aliphatic carbocycles. The molecule has 0 aliphatic heterocycles. The molecule has 0 amide bonds. The van der Waals surface area contributed by atoms with Crippen molar-refractivity contribution in [3.8, 4) is 0 Å². The number of nitrogens with zero attached hydrogens (tertiary/aromatic N) is 1. The number of hydrogen-bond acceptors (Lipinski definition) is 2. The predicted molar refractivity (Wildman–Crippen MR) is 56.8 cm³/mol. The van der Waals surface area contributed by atoms with Crippen LogP contribution in [-0.2, 0) is 4.79 Å². The van der Waals surface area contributed by atoms with Crippen molar-refractivity contribution >= 4 is 5.78 Å². The molecule has 76 valence electrons. The van der Waals surface area contributed by atoms with Crippen LogP contribution in [0.2, 0.25) is 0 Å². The molecule has 0 aliphatic rings. The summed E-state index contributed by atoms with van der Waals surface area (Å²) in [6.07, 6.45) is 3.62. The van der Waals surface area contributed by atoms with E-state index in [1.807, 2.05) is 19.9 Å². The highest BCUT2D eigenvalue weighted by molar-refractivity contribution is 5.91. The van der Waals surface area contributed by atoms with Crippen LogP contribution in [0.1, 0.15) is 27.7 Å². The number of carbonyl (C=O) groups excluding carboxylic acids is 1. The summed E-state index contributed by atoms with van der Waals surface area (Å²) < 4.78 is 0. The van der Waals surface area contributed by atoms with Gasteiger partial charge in [0.25, 0.3) is 0 Å². The van der Waals surface area contributed by atoms with E-state index >= 15 is 0 Å². The summed E-state index contributed by atoms with van der Waals surface area (Å²) in [4.78, 5) is 13.4. The Morgan fingerprint density at radius 3 is 2.23 bits per heavy atom. The van der Waals surface area contributed by atoms with Gasteiger partial charge >= 0.3 is 0 Å². The Kier molecular flexibility index (Phi) is 5.63. The Balaban J connectivity index is 3.81. The molecule has 0 aromatic carbocycles. The maximum atomic E-state index is 11.2. The molecule has 0 spiro atoms. The number of likely N-dealkylation sites (N-methyl/N-ethyl adjacent to an activating group) is 1. The lowest BCUT2D eigenvalue weighted by molar-refractivity contribution is -0.117. The Labute approximate surface area is 81.6 Å². The predicted octanol–water partition coefficient (Wildman–Crippen LogP) is 2.11. The van der Waals surface area contributed by atoms with Crippen molar-refractivity contribution in [3.05, 3.63) is 12.2 Å². The van der Waals surface area contributed by atoms with E-state index in [0.29, 0.717) is 6.04 Å². The van der Waals surface area contributed by atoms with E-state index in [1.54, 1.807) is 6.08 Å². The first-order chi connectivity index (χ1) is 5.95. The minimum atomic E-state index is 0.112. The van der Waals surface area contributed by atoms with E-state index < -0.39 is 0 Å². The highest BCUT2D eigenvalue weighted by Gasteiger charge is 2.02. The van der Waals surface area contributed by atoms with Crippen molar-refractivity contribution in [1.29, 1.82) is 0 Å².